The molecule has 0 spiro atoms. The number of aromatic nitrogens is 1. The summed E-state index contributed by atoms with van der Waals surface area (Å²) in [6.07, 6.45) is 2.93. The van der Waals surface area contributed by atoms with E-state index in [1.165, 1.54) is 22.1 Å². The molecule has 0 fully saturated rings. The van der Waals surface area contributed by atoms with Gasteiger partial charge < -0.3 is 5.32 Å². The molecule has 1 N–H and O–H groups in total. The van der Waals surface area contributed by atoms with Gasteiger partial charge in [-0.1, -0.05) is 49.4 Å². The lowest BCUT2D eigenvalue weighted by Gasteiger charge is -2.15. The van der Waals surface area contributed by atoms with E-state index in [-0.39, 0.29) is 0 Å². The van der Waals surface area contributed by atoms with E-state index in [4.69, 9.17) is 0 Å². The maximum absolute atomic E-state index is 4.43. The molecule has 3 aromatic rings. The number of nitrogens with zero attached hydrogens (tertiary/aromatic N) is 1. The van der Waals surface area contributed by atoms with Gasteiger partial charge in [-0.2, -0.15) is 0 Å². The van der Waals surface area contributed by atoms with Gasteiger partial charge in [0.1, 0.15) is 0 Å². The van der Waals surface area contributed by atoms with E-state index in [0.29, 0.717) is 6.04 Å². The summed E-state index contributed by atoms with van der Waals surface area (Å²) in [6, 6.07) is 19.7. The van der Waals surface area contributed by atoms with Gasteiger partial charge in [0.05, 0.1) is 5.52 Å². The number of hydrogen-bond acceptors (Lipinski definition) is 2. The highest BCUT2D eigenvalue weighted by molar-refractivity contribution is 5.94. The van der Waals surface area contributed by atoms with Crippen molar-refractivity contribution in [3.05, 3.63) is 66.4 Å². The molecule has 0 aliphatic rings. The first kappa shape index (κ1) is 13.8. The Morgan fingerprint density at radius 1 is 1.00 bits per heavy atom. The van der Waals surface area contributed by atoms with E-state index in [1.807, 2.05) is 19.3 Å². The van der Waals surface area contributed by atoms with Crippen molar-refractivity contribution in [1.29, 1.82) is 0 Å². The summed E-state index contributed by atoms with van der Waals surface area (Å²) in [7, 11) is 2.01. The van der Waals surface area contributed by atoms with Crippen molar-refractivity contribution in [2.24, 2.45) is 0 Å². The lowest BCUT2D eigenvalue weighted by molar-refractivity contribution is 0.577. The average Bonchev–Trinajstić information content (AvgIpc) is 2.56. The highest BCUT2D eigenvalue weighted by Gasteiger charge is 2.08. The number of rotatable bonds is 4. The third-order valence-corrected chi connectivity index (χ3v) is 4.03. The third-order valence-electron chi connectivity index (χ3n) is 4.03. The van der Waals surface area contributed by atoms with Gasteiger partial charge in [0.15, 0.2) is 0 Å². The molecule has 2 aromatic carbocycles. The maximum atomic E-state index is 4.43. The second-order valence-electron chi connectivity index (χ2n) is 5.25. The summed E-state index contributed by atoms with van der Waals surface area (Å²) in [5, 5.41) is 4.55. The quantitative estimate of drug-likeness (QED) is 0.755. The highest BCUT2D eigenvalue weighted by Crippen LogP contribution is 2.28. The second-order valence-corrected chi connectivity index (χ2v) is 5.25. The van der Waals surface area contributed by atoms with Crippen molar-refractivity contribution < 1.29 is 0 Å². The molecule has 2 nitrogen and oxygen atoms in total. The fraction of sp³-hybridized carbons (Fsp3) is 0.211. The number of hydrogen-bond donors (Lipinski definition) is 1. The number of fused-ring (bicyclic) bond motifs is 1. The minimum Gasteiger partial charge on any atom is -0.313 e. The van der Waals surface area contributed by atoms with Crippen molar-refractivity contribution >= 4 is 10.9 Å². The van der Waals surface area contributed by atoms with Crippen molar-refractivity contribution in [3.63, 3.8) is 0 Å². The molecule has 0 aliphatic heterocycles. The van der Waals surface area contributed by atoms with Gasteiger partial charge in [-0.05, 0) is 42.3 Å². The normalized spacial score (nSPS) is 12.5. The van der Waals surface area contributed by atoms with E-state index in [0.717, 1.165) is 11.9 Å². The number of nitrogens with one attached hydrogen (secondary N) is 1. The maximum Gasteiger partial charge on any atom is 0.0708 e. The van der Waals surface area contributed by atoms with Crippen LogP contribution in [-0.2, 0) is 0 Å². The summed E-state index contributed by atoms with van der Waals surface area (Å²) in [5.41, 5.74) is 4.86. The standard InChI is InChI=1S/C19H20N2/c1-3-18(20-2)15-11-9-14(10-12-15)16-6-4-8-19-17(16)7-5-13-21-19/h4-13,18,20H,3H2,1-2H3. The molecular weight excluding hydrogens is 256 g/mol. The van der Waals surface area contributed by atoms with E-state index in [9.17, 15) is 0 Å². The topological polar surface area (TPSA) is 24.9 Å². The first-order valence-corrected chi connectivity index (χ1v) is 7.45. The molecule has 0 saturated heterocycles. The van der Waals surface area contributed by atoms with Crippen LogP contribution < -0.4 is 5.32 Å². The monoisotopic (exact) mass is 276 g/mol. The van der Waals surface area contributed by atoms with E-state index >= 15 is 0 Å². The predicted molar refractivity (Wildman–Crippen MR) is 89.3 cm³/mol. The van der Waals surface area contributed by atoms with Gasteiger partial charge in [-0.15, -0.1) is 0 Å². The lowest BCUT2D eigenvalue weighted by Crippen LogP contribution is -2.14. The predicted octanol–water partition coefficient (Wildman–Crippen LogP) is 4.57. The summed E-state index contributed by atoms with van der Waals surface area (Å²) >= 11 is 0. The van der Waals surface area contributed by atoms with Gasteiger partial charge in [-0.3, -0.25) is 4.98 Å². The summed E-state index contributed by atoms with van der Waals surface area (Å²) in [5.74, 6) is 0. The molecule has 0 radical (unpaired) electrons. The SMILES string of the molecule is CCC(NC)c1ccc(-c2cccc3ncccc23)cc1. The first-order valence-electron chi connectivity index (χ1n) is 7.45. The Labute approximate surface area is 125 Å². The Kier molecular flexibility index (Phi) is 3.98. The fourth-order valence-corrected chi connectivity index (χ4v) is 2.86. The van der Waals surface area contributed by atoms with Crippen molar-refractivity contribution in [2.45, 2.75) is 19.4 Å². The lowest BCUT2D eigenvalue weighted by atomic mass is 9.97. The van der Waals surface area contributed by atoms with Gasteiger partial charge >= 0.3 is 0 Å². The molecule has 0 amide bonds. The minimum absolute atomic E-state index is 0.424. The van der Waals surface area contributed by atoms with Gasteiger partial charge in [0, 0.05) is 17.6 Å². The fourth-order valence-electron chi connectivity index (χ4n) is 2.86. The zero-order chi connectivity index (χ0) is 14.7. The average molecular weight is 276 g/mol. The van der Waals surface area contributed by atoms with Crippen LogP contribution in [0, 0.1) is 0 Å². The molecule has 0 bridgehead atoms. The van der Waals surface area contributed by atoms with Crippen LogP contribution in [0.15, 0.2) is 60.8 Å². The van der Waals surface area contributed by atoms with Crippen molar-refractivity contribution in [2.75, 3.05) is 7.05 Å². The molecule has 3 rings (SSSR count). The first-order chi connectivity index (χ1) is 10.3. The van der Waals surface area contributed by atoms with Gasteiger partial charge in [-0.25, -0.2) is 0 Å². The van der Waals surface area contributed by atoms with Gasteiger partial charge in [0.2, 0.25) is 0 Å². The zero-order valence-corrected chi connectivity index (χ0v) is 12.5. The van der Waals surface area contributed by atoms with Crippen molar-refractivity contribution in [3.8, 4) is 11.1 Å². The number of pyridine rings is 1. The molecule has 106 valence electrons. The molecule has 2 heteroatoms. The molecule has 1 heterocycles. The smallest absolute Gasteiger partial charge is 0.0708 e. The third kappa shape index (κ3) is 2.67. The second kappa shape index (κ2) is 6.06. The minimum atomic E-state index is 0.424. The molecule has 21 heavy (non-hydrogen) atoms. The largest absolute Gasteiger partial charge is 0.313 e. The zero-order valence-electron chi connectivity index (χ0n) is 12.5. The molecule has 1 unspecified atom stereocenters. The summed E-state index contributed by atoms with van der Waals surface area (Å²) in [4.78, 5) is 4.43. The van der Waals surface area contributed by atoms with Crippen LogP contribution >= 0.6 is 0 Å². The Morgan fingerprint density at radius 2 is 1.81 bits per heavy atom. The van der Waals surface area contributed by atoms with Crippen LogP contribution in [0.5, 0.6) is 0 Å². The highest BCUT2D eigenvalue weighted by atomic mass is 14.9. The Bertz CT molecular complexity index is 723. The molecule has 1 atom stereocenters. The van der Waals surface area contributed by atoms with E-state index in [1.54, 1.807) is 0 Å². The molecule has 0 saturated carbocycles. The summed E-state index contributed by atoms with van der Waals surface area (Å²) < 4.78 is 0. The van der Waals surface area contributed by atoms with Crippen molar-refractivity contribution in [1.82, 2.24) is 10.3 Å². The summed E-state index contributed by atoms with van der Waals surface area (Å²) in [6.45, 7) is 2.20. The van der Waals surface area contributed by atoms with Crippen LogP contribution in [0.1, 0.15) is 24.9 Å². The van der Waals surface area contributed by atoms with E-state index < -0.39 is 0 Å². The van der Waals surface area contributed by atoms with Crippen LogP contribution in [0.3, 0.4) is 0 Å². The van der Waals surface area contributed by atoms with Crippen LogP contribution in [-0.4, -0.2) is 12.0 Å². The molecule has 1 aromatic heterocycles. The van der Waals surface area contributed by atoms with Gasteiger partial charge in [0.25, 0.3) is 0 Å². The Balaban J connectivity index is 2.03. The molecule has 0 aliphatic carbocycles. The Hall–Kier alpha value is -2.19. The van der Waals surface area contributed by atoms with E-state index in [2.05, 4.69) is 65.8 Å². The van der Waals surface area contributed by atoms with Crippen LogP contribution in [0.25, 0.3) is 22.0 Å². The number of benzene rings is 2. The van der Waals surface area contributed by atoms with Crippen LogP contribution in [0.4, 0.5) is 0 Å². The Morgan fingerprint density at radius 3 is 2.52 bits per heavy atom. The van der Waals surface area contributed by atoms with Crippen LogP contribution in [0.2, 0.25) is 0 Å². The molecular formula is C19H20N2.